The number of thioether (sulfide) groups is 1. The number of nitrogens with two attached hydrogens (primary N) is 1. The zero-order valence-electron chi connectivity index (χ0n) is 10.6. The van der Waals surface area contributed by atoms with Crippen molar-refractivity contribution < 1.29 is 12.8 Å². The summed E-state index contributed by atoms with van der Waals surface area (Å²) in [7, 11) is -3.69. The summed E-state index contributed by atoms with van der Waals surface area (Å²) in [6.07, 6.45) is 1.01. The Kier molecular flexibility index (Phi) is 4.37. The maximum atomic E-state index is 13.5. The van der Waals surface area contributed by atoms with E-state index in [9.17, 15) is 12.8 Å². The van der Waals surface area contributed by atoms with E-state index in [4.69, 9.17) is 5.73 Å². The highest BCUT2D eigenvalue weighted by atomic mass is 32.2. The molecule has 2 rings (SSSR count). The molecule has 1 atom stereocenters. The normalized spacial score (nSPS) is 19.8. The molecule has 1 aliphatic rings. The average molecular weight is 304 g/mol. The fourth-order valence-corrected chi connectivity index (χ4v) is 4.33. The van der Waals surface area contributed by atoms with Crippen LogP contribution in [0.25, 0.3) is 0 Å². The summed E-state index contributed by atoms with van der Waals surface area (Å²) < 4.78 is 40.2. The molecule has 19 heavy (non-hydrogen) atoms. The first-order chi connectivity index (χ1) is 8.90. The summed E-state index contributed by atoms with van der Waals surface area (Å²) in [4.78, 5) is -0.112. The zero-order chi connectivity index (χ0) is 14.0. The van der Waals surface area contributed by atoms with Crippen molar-refractivity contribution in [2.45, 2.75) is 18.2 Å². The molecular formula is C12H17FN2O2S2. The third kappa shape index (κ3) is 3.40. The molecule has 1 heterocycles. The second-order valence-electron chi connectivity index (χ2n) is 4.70. The van der Waals surface area contributed by atoms with Gasteiger partial charge < -0.3 is 5.73 Å². The highest BCUT2D eigenvalue weighted by Gasteiger charge is 2.21. The molecule has 1 saturated heterocycles. The quantitative estimate of drug-likeness (QED) is 0.831. The van der Waals surface area contributed by atoms with Crippen LogP contribution in [-0.4, -0.2) is 26.5 Å². The summed E-state index contributed by atoms with van der Waals surface area (Å²) in [5.41, 5.74) is 6.02. The Balaban J connectivity index is 2.14. The van der Waals surface area contributed by atoms with Gasteiger partial charge in [0.05, 0.1) is 4.90 Å². The minimum atomic E-state index is -3.69. The van der Waals surface area contributed by atoms with E-state index in [-0.39, 0.29) is 16.1 Å². The molecule has 0 aliphatic carbocycles. The van der Waals surface area contributed by atoms with E-state index < -0.39 is 15.8 Å². The fourth-order valence-electron chi connectivity index (χ4n) is 1.88. The van der Waals surface area contributed by atoms with Crippen LogP contribution in [0.5, 0.6) is 0 Å². The van der Waals surface area contributed by atoms with Crippen LogP contribution < -0.4 is 10.5 Å². The smallest absolute Gasteiger partial charge is 0.240 e. The lowest BCUT2D eigenvalue weighted by Gasteiger charge is -2.12. The Morgan fingerprint density at radius 2 is 2.26 bits per heavy atom. The van der Waals surface area contributed by atoms with Gasteiger partial charge in [0.2, 0.25) is 10.0 Å². The van der Waals surface area contributed by atoms with Gasteiger partial charge in [-0.05, 0) is 42.9 Å². The van der Waals surface area contributed by atoms with Gasteiger partial charge in [0, 0.05) is 17.8 Å². The predicted octanol–water partition coefficient (Wildman–Crippen LogP) is 1.75. The second kappa shape index (κ2) is 5.68. The number of sulfonamides is 1. The Labute approximate surface area is 117 Å². The van der Waals surface area contributed by atoms with Crippen molar-refractivity contribution in [2.24, 2.45) is 5.92 Å². The van der Waals surface area contributed by atoms with E-state index in [1.807, 2.05) is 11.8 Å². The van der Waals surface area contributed by atoms with Crippen LogP contribution >= 0.6 is 11.8 Å². The number of nitrogens with one attached hydrogen (secondary N) is 1. The van der Waals surface area contributed by atoms with Gasteiger partial charge in [-0.3, -0.25) is 0 Å². The molecular weight excluding hydrogens is 287 g/mol. The molecule has 0 saturated carbocycles. The lowest BCUT2D eigenvalue weighted by molar-refractivity contribution is 0.544. The number of hydrogen-bond donors (Lipinski definition) is 2. The van der Waals surface area contributed by atoms with Crippen molar-refractivity contribution in [2.75, 3.05) is 23.8 Å². The lowest BCUT2D eigenvalue weighted by atomic mass is 10.1. The van der Waals surface area contributed by atoms with Crippen molar-refractivity contribution in [3.63, 3.8) is 0 Å². The average Bonchev–Trinajstić information content (AvgIpc) is 2.86. The van der Waals surface area contributed by atoms with Crippen LogP contribution in [0.15, 0.2) is 17.0 Å². The Morgan fingerprint density at radius 1 is 1.53 bits per heavy atom. The molecule has 3 N–H and O–H groups in total. The maximum absolute atomic E-state index is 13.5. The maximum Gasteiger partial charge on any atom is 0.240 e. The van der Waals surface area contributed by atoms with Crippen molar-refractivity contribution in [1.82, 2.24) is 4.72 Å². The molecule has 1 unspecified atom stereocenters. The van der Waals surface area contributed by atoms with Gasteiger partial charge in [-0.15, -0.1) is 0 Å². The number of halogens is 1. The van der Waals surface area contributed by atoms with Gasteiger partial charge >= 0.3 is 0 Å². The fraction of sp³-hybridized carbons (Fsp3) is 0.500. The first-order valence-electron chi connectivity index (χ1n) is 6.03. The second-order valence-corrected chi connectivity index (χ2v) is 7.62. The summed E-state index contributed by atoms with van der Waals surface area (Å²) in [6, 6.07) is 2.31. The van der Waals surface area contributed by atoms with Crippen LogP contribution in [0, 0.1) is 18.7 Å². The van der Waals surface area contributed by atoms with Gasteiger partial charge in [0.25, 0.3) is 0 Å². The van der Waals surface area contributed by atoms with E-state index in [0.717, 1.165) is 24.0 Å². The molecule has 0 aromatic heterocycles. The third-order valence-electron chi connectivity index (χ3n) is 3.25. The van der Waals surface area contributed by atoms with Crippen LogP contribution in [0.3, 0.4) is 0 Å². The number of rotatable bonds is 4. The largest absolute Gasteiger partial charge is 0.398 e. The molecule has 7 heteroatoms. The number of hydrogen-bond acceptors (Lipinski definition) is 4. The molecule has 1 aromatic rings. The Morgan fingerprint density at radius 3 is 2.84 bits per heavy atom. The van der Waals surface area contributed by atoms with E-state index in [2.05, 4.69) is 4.72 Å². The zero-order valence-corrected chi connectivity index (χ0v) is 12.3. The highest BCUT2D eigenvalue weighted by molar-refractivity contribution is 7.99. The molecule has 0 amide bonds. The molecule has 1 aliphatic heterocycles. The minimum Gasteiger partial charge on any atom is -0.398 e. The molecule has 0 spiro atoms. The molecule has 1 aromatic carbocycles. The van der Waals surface area contributed by atoms with Crippen LogP contribution in [0.1, 0.15) is 12.0 Å². The van der Waals surface area contributed by atoms with Crippen molar-refractivity contribution in [3.8, 4) is 0 Å². The first-order valence-corrected chi connectivity index (χ1v) is 8.67. The number of nitrogen functional groups attached to an aromatic ring is 1. The van der Waals surface area contributed by atoms with Gasteiger partial charge in [-0.2, -0.15) is 11.8 Å². The van der Waals surface area contributed by atoms with Crippen molar-refractivity contribution in [3.05, 3.63) is 23.5 Å². The van der Waals surface area contributed by atoms with Gasteiger partial charge in [0.15, 0.2) is 0 Å². The number of benzene rings is 1. The standard InChI is InChI=1S/C12H17FN2O2S2/c1-8-11(13)4-10(5-12(8)14)19(16,17)15-6-9-2-3-18-7-9/h4-5,9,15H,2-3,6-7,14H2,1H3. The summed E-state index contributed by atoms with van der Waals surface area (Å²) in [5, 5.41) is 0. The predicted molar refractivity (Wildman–Crippen MR) is 76.2 cm³/mol. The van der Waals surface area contributed by atoms with Crippen LogP contribution in [0.4, 0.5) is 10.1 Å². The monoisotopic (exact) mass is 304 g/mol. The van der Waals surface area contributed by atoms with E-state index in [1.165, 1.54) is 13.0 Å². The van der Waals surface area contributed by atoms with E-state index >= 15 is 0 Å². The SMILES string of the molecule is Cc1c(N)cc(S(=O)(=O)NCC2CCSC2)cc1F. The van der Waals surface area contributed by atoms with Crippen LogP contribution in [-0.2, 0) is 10.0 Å². The van der Waals surface area contributed by atoms with Gasteiger partial charge in [-0.25, -0.2) is 17.5 Å². The molecule has 4 nitrogen and oxygen atoms in total. The summed E-state index contributed by atoms with van der Waals surface area (Å²) in [6.45, 7) is 1.91. The molecule has 1 fully saturated rings. The third-order valence-corrected chi connectivity index (χ3v) is 5.89. The van der Waals surface area contributed by atoms with Crippen molar-refractivity contribution >= 4 is 27.5 Å². The van der Waals surface area contributed by atoms with E-state index in [1.54, 1.807) is 0 Å². The molecule has 0 bridgehead atoms. The first kappa shape index (κ1) is 14.6. The van der Waals surface area contributed by atoms with Crippen molar-refractivity contribution in [1.29, 1.82) is 0 Å². The summed E-state index contributed by atoms with van der Waals surface area (Å²) in [5.74, 6) is 1.79. The topological polar surface area (TPSA) is 72.2 Å². The van der Waals surface area contributed by atoms with Crippen LogP contribution in [0.2, 0.25) is 0 Å². The molecule has 106 valence electrons. The van der Waals surface area contributed by atoms with Gasteiger partial charge in [-0.1, -0.05) is 0 Å². The minimum absolute atomic E-state index is 0.112. The van der Waals surface area contributed by atoms with E-state index in [0.29, 0.717) is 12.5 Å². The lowest BCUT2D eigenvalue weighted by Crippen LogP contribution is -2.29. The Bertz CT molecular complexity index is 546. The molecule has 0 radical (unpaired) electrons. The summed E-state index contributed by atoms with van der Waals surface area (Å²) >= 11 is 1.82. The Hall–Kier alpha value is -0.790. The number of anilines is 1. The van der Waals surface area contributed by atoms with Gasteiger partial charge in [0.1, 0.15) is 5.82 Å². The highest BCUT2D eigenvalue weighted by Crippen LogP contribution is 2.24.